The Morgan fingerprint density at radius 2 is 2.00 bits per heavy atom. The molecule has 1 aromatic carbocycles. The summed E-state index contributed by atoms with van der Waals surface area (Å²) < 4.78 is 7.16. The fraction of sp³-hybridized carbons (Fsp3) is 0.600. The summed E-state index contributed by atoms with van der Waals surface area (Å²) in [6, 6.07) is 6.19. The second-order valence-corrected chi connectivity index (χ2v) is 6.65. The summed E-state index contributed by atoms with van der Waals surface area (Å²) in [4.78, 5) is 0. The molecule has 0 aliphatic heterocycles. The van der Waals surface area contributed by atoms with Crippen molar-refractivity contribution >= 4 is 28.6 Å². The van der Waals surface area contributed by atoms with Gasteiger partial charge in [0.15, 0.2) is 0 Å². The smallest absolute Gasteiger partial charge is 0.122 e. The zero-order chi connectivity index (χ0) is 13.0. The maximum absolute atomic E-state index is 6.06. The predicted molar refractivity (Wildman–Crippen MR) is 83.7 cm³/mol. The largest absolute Gasteiger partial charge is 0.493 e. The first kappa shape index (κ1) is 14.3. The monoisotopic (exact) mass is 328 g/mol. The first-order valence-corrected chi connectivity index (χ1v) is 8.08. The average molecular weight is 329 g/mol. The van der Waals surface area contributed by atoms with E-state index in [0.717, 1.165) is 22.6 Å². The van der Waals surface area contributed by atoms with Crippen LogP contribution in [-0.2, 0) is 0 Å². The van der Waals surface area contributed by atoms with Crippen molar-refractivity contribution in [3.63, 3.8) is 0 Å². The van der Waals surface area contributed by atoms with E-state index in [1.54, 1.807) is 0 Å². The minimum atomic E-state index is 0.293. The van der Waals surface area contributed by atoms with E-state index in [-0.39, 0.29) is 0 Å². The highest BCUT2D eigenvalue weighted by Crippen LogP contribution is 2.38. The molecule has 1 aromatic rings. The molecule has 2 rings (SSSR count). The molecule has 0 N–H and O–H groups in total. The first-order valence-electron chi connectivity index (χ1n) is 6.65. The highest BCUT2D eigenvalue weighted by Gasteiger charge is 2.31. The third kappa shape index (κ3) is 3.45. The molecule has 100 valence electrons. The van der Waals surface area contributed by atoms with Gasteiger partial charge in [-0.05, 0) is 49.3 Å². The Labute approximate surface area is 124 Å². The van der Waals surface area contributed by atoms with Crippen molar-refractivity contribution in [2.24, 2.45) is 5.41 Å². The van der Waals surface area contributed by atoms with E-state index in [9.17, 15) is 0 Å². The molecule has 0 amide bonds. The minimum absolute atomic E-state index is 0.293. The zero-order valence-electron chi connectivity index (χ0n) is 10.9. The van der Waals surface area contributed by atoms with Crippen LogP contribution in [0, 0.1) is 12.3 Å². The molecular formula is C15H21BrOS. The molecule has 1 fully saturated rings. The van der Waals surface area contributed by atoms with Crippen LogP contribution >= 0.6 is 28.6 Å². The summed E-state index contributed by atoms with van der Waals surface area (Å²) in [5.41, 5.74) is 1.48. The Bertz CT molecular complexity index is 399. The van der Waals surface area contributed by atoms with Gasteiger partial charge >= 0.3 is 0 Å². The molecule has 0 saturated heterocycles. The van der Waals surface area contributed by atoms with Gasteiger partial charge in [0, 0.05) is 9.89 Å². The van der Waals surface area contributed by atoms with Gasteiger partial charge in [0.1, 0.15) is 5.75 Å². The van der Waals surface area contributed by atoms with Crippen molar-refractivity contribution in [1.29, 1.82) is 0 Å². The number of thiol groups is 1. The molecule has 1 nitrogen and oxygen atoms in total. The van der Waals surface area contributed by atoms with E-state index in [2.05, 4.69) is 47.6 Å². The molecule has 1 aliphatic rings. The molecule has 0 atom stereocenters. The van der Waals surface area contributed by atoms with Crippen molar-refractivity contribution < 1.29 is 4.74 Å². The van der Waals surface area contributed by atoms with E-state index >= 15 is 0 Å². The molecule has 0 heterocycles. The van der Waals surface area contributed by atoms with Gasteiger partial charge < -0.3 is 4.74 Å². The van der Waals surface area contributed by atoms with Crippen molar-refractivity contribution in [3.8, 4) is 5.75 Å². The SMILES string of the molecule is Cc1cc(Br)ccc1OCC1(CS)CCCCC1. The topological polar surface area (TPSA) is 9.23 Å². The number of rotatable bonds is 4. The number of hydrogen-bond donors (Lipinski definition) is 1. The van der Waals surface area contributed by atoms with E-state index in [1.807, 2.05) is 6.07 Å². The summed E-state index contributed by atoms with van der Waals surface area (Å²) >= 11 is 8.03. The lowest BCUT2D eigenvalue weighted by molar-refractivity contribution is 0.120. The van der Waals surface area contributed by atoms with Crippen LogP contribution in [0.15, 0.2) is 22.7 Å². The average Bonchev–Trinajstić information content (AvgIpc) is 2.39. The Morgan fingerprint density at radius 3 is 2.61 bits per heavy atom. The molecule has 1 aliphatic carbocycles. The lowest BCUT2D eigenvalue weighted by atomic mass is 9.76. The van der Waals surface area contributed by atoms with Gasteiger partial charge in [-0.2, -0.15) is 12.6 Å². The normalized spacial score (nSPS) is 18.6. The Kier molecular flexibility index (Phi) is 5.02. The van der Waals surface area contributed by atoms with Crippen LogP contribution in [0.25, 0.3) is 0 Å². The highest BCUT2D eigenvalue weighted by molar-refractivity contribution is 9.10. The molecule has 18 heavy (non-hydrogen) atoms. The van der Waals surface area contributed by atoms with Gasteiger partial charge in [-0.1, -0.05) is 35.2 Å². The third-order valence-corrected chi connectivity index (χ3v) is 5.08. The van der Waals surface area contributed by atoms with Gasteiger partial charge in [-0.25, -0.2) is 0 Å². The predicted octanol–water partition coefficient (Wildman–Crippen LogP) is 5.02. The summed E-state index contributed by atoms with van der Waals surface area (Å²) in [6.45, 7) is 2.90. The molecule has 0 unspecified atom stereocenters. The lowest BCUT2D eigenvalue weighted by Gasteiger charge is -2.35. The number of halogens is 1. The van der Waals surface area contributed by atoms with Gasteiger partial charge in [-0.3, -0.25) is 0 Å². The summed E-state index contributed by atoms with van der Waals surface area (Å²) in [5, 5.41) is 0. The maximum atomic E-state index is 6.06. The van der Waals surface area contributed by atoms with E-state index in [4.69, 9.17) is 4.74 Å². The summed E-state index contributed by atoms with van der Waals surface area (Å²) in [5.74, 6) is 1.94. The van der Waals surface area contributed by atoms with E-state index in [1.165, 1.54) is 37.7 Å². The van der Waals surface area contributed by atoms with Crippen LogP contribution in [0.4, 0.5) is 0 Å². The second-order valence-electron chi connectivity index (χ2n) is 5.42. The molecule has 0 radical (unpaired) electrons. The number of benzene rings is 1. The maximum Gasteiger partial charge on any atom is 0.122 e. The van der Waals surface area contributed by atoms with Crippen molar-refractivity contribution in [1.82, 2.24) is 0 Å². The quantitative estimate of drug-likeness (QED) is 0.764. The first-order chi connectivity index (χ1) is 8.65. The number of aryl methyl sites for hydroxylation is 1. The van der Waals surface area contributed by atoms with Crippen LogP contribution in [0.2, 0.25) is 0 Å². The van der Waals surface area contributed by atoms with Gasteiger partial charge in [-0.15, -0.1) is 0 Å². The second kappa shape index (κ2) is 6.33. The number of hydrogen-bond acceptors (Lipinski definition) is 2. The molecule has 0 spiro atoms. The van der Waals surface area contributed by atoms with Crippen molar-refractivity contribution in [3.05, 3.63) is 28.2 Å². The van der Waals surface area contributed by atoms with E-state index in [0.29, 0.717) is 5.41 Å². The molecule has 3 heteroatoms. The lowest BCUT2D eigenvalue weighted by Crippen LogP contribution is -2.33. The summed E-state index contributed by atoms with van der Waals surface area (Å²) in [7, 11) is 0. The fourth-order valence-electron chi connectivity index (χ4n) is 2.66. The standard InChI is InChI=1S/C15H21BrOS/c1-12-9-13(16)5-6-14(12)17-10-15(11-18)7-3-2-4-8-15/h5-6,9,18H,2-4,7-8,10-11H2,1H3. The van der Waals surface area contributed by atoms with Crippen molar-refractivity contribution in [2.45, 2.75) is 39.0 Å². The molecule has 1 saturated carbocycles. The van der Waals surface area contributed by atoms with Crippen molar-refractivity contribution in [2.75, 3.05) is 12.4 Å². The molecule has 0 aromatic heterocycles. The zero-order valence-corrected chi connectivity index (χ0v) is 13.4. The molecular weight excluding hydrogens is 308 g/mol. The van der Waals surface area contributed by atoms with Crippen LogP contribution in [0.5, 0.6) is 5.75 Å². The van der Waals surface area contributed by atoms with Crippen LogP contribution in [0.1, 0.15) is 37.7 Å². The van der Waals surface area contributed by atoms with E-state index < -0.39 is 0 Å². The Balaban J connectivity index is 2.01. The molecule has 0 bridgehead atoms. The minimum Gasteiger partial charge on any atom is -0.493 e. The van der Waals surface area contributed by atoms with Crippen LogP contribution in [-0.4, -0.2) is 12.4 Å². The van der Waals surface area contributed by atoms with Gasteiger partial charge in [0.05, 0.1) is 6.61 Å². The Hall–Kier alpha value is -0.150. The van der Waals surface area contributed by atoms with Crippen LogP contribution in [0.3, 0.4) is 0 Å². The van der Waals surface area contributed by atoms with Gasteiger partial charge in [0.2, 0.25) is 0 Å². The van der Waals surface area contributed by atoms with Crippen LogP contribution < -0.4 is 4.74 Å². The summed E-state index contributed by atoms with van der Waals surface area (Å²) in [6.07, 6.45) is 6.53. The number of ether oxygens (including phenoxy) is 1. The highest BCUT2D eigenvalue weighted by atomic mass is 79.9. The Morgan fingerprint density at radius 1 is 1.28 bits per heavy atom. The fourth-order valence-corrected chi connectivity index (χ4v) is 3.54. The van der Waals surface area contributed by atoms with Gasteiger partial charge in [0.25, 0.3) is 0 Å². The third-order valence-electron chi connectivity index (χ3n) is 3.92.